The number of anilines is 1. The van der Waals surface area contributed by atoms with Crippen molar-refractivity contribution in [2.45, 2.75) is 31.3 Å². The van der Waals surface area contributed by atoms with Crippen molar-refractivity contribution < 1.29 is 14.8 Å². The van der Waals surface area contributed by atoms with Gasteiger partial charge in [0, 0.05) is 18.7 Å². The fraction of sp³-hybridized carbons (Fsp3) is 0.538. The lowest BCUT2D eigenvalue weighted by Gasteiger charge is -2.23. The van der Waals surface area contributed by atoms with Crippen molar-refractivity contribution in [2.75, 3.05) is 19.0 Å². The Bertz CT molecular complexity index is 470. The highest BCUT2D eigenvalue weighted by Crippen LogP contribution is 2.32. The van der Waals surface area contributed by atoms with Crippen LogP contribution in [-0.2, 0) is 0 Å². The minimum atomic E-state index is -0.753. The monoisotopic (exact) mass is 266 g/mol. The number of rotatable bonds is 5. The van der Waals surface area contributed by atoms with Crippen molar-refractivity contribution in [2.24, 2.45) is 0 Å². The summed E-state index contributed by atoms with van der Waals surface area (Å²) in [6.45, 7) is 0.320. The van der Waals surface area contributed by atoms with Gasteiger partial charge in [-0.3, -0.25) is 10.1 Å². The number of ether oxygens (including phenoxy) is 1. The summed E-state index contributed by atoms with van der Waals surface area (Å²) in [6, 6.07) is 4.53. The molecule has 0 bridgehead atoms. The Labute approximate surface area is 111 Å². The summed E-state index contributed by atoms with van der Waals surface area (Å²) in [6.07, 6.45) is 3.46. The van der Waals surface area contributed by atoms with Crippen LogP contribution in [0.25, 0.3) is 0 Å². The fourth-order valence-electron chi connectivity index (χ4n) is 2.41. The summed E-state index contributed by atoms with van der Waals surface area (Å²) < 4.78 is 5.06. The number of nitro benzene ring substituents is 1. The van der Waals surface area contributed by atoms with Gasteiger partial charge < -0.3 is 15.2 Å². The molecular weight excluding hydrogens is 248 g/mol. The molecule has 1 aliphatic carbocycles. The van der Waals surface area contributed by atoms with Crippen LogP contribution in [0.2, 0.25) is 0 Å². The van der Waals surface area contributed by atoms with E-state index in [1.165, 1.54) is 13.2 Å². The van der Waals surface area contributed by atoms with E-state index in [-0.39, 0.29) is 5.69 Å². The summed E-state index contributed by atoms with van der Waals surface area (Å²) in [4.78, 5) is 10.5. The normalized spacial score (nSPS) is 17.2. The molecule has 6 nitrogen and oxygen atoms in total. The van der Waals surface area contributed by atoms with E-state index >= 15 is 0 Å². The Kier molecular flexibility index (Phi) is 3.90. The molecule has 1 aromatic rings. The largest absolute Gasteiger partial charge is 0.497 e. The Morgan fingerprint density at radius 2 is 2.16 bits per heavy atom. The number of methoxy groups -OCH3 is 1. The van der Waals surface area contributed by atoms with Gasteiger partial charge in [0.25, 0.3) is 5.69 Å². The van der Waals surface area contributed by atoms with Crippen molar-refractivity contribution in [3.63, 3.8) is 0 Å². The highest BCUT2D eigenvalue weighted by Gasteiger charge is 2.31. The van der Waals surface area contributed by atoms with E-state index in [1.807, 2.05) is 0 Å². The van der Waals surface area contributed by atoms with Gasteiger partial charge in [-0.05, 0) is 18.9 Å². The Morgan fingerprint density at radius 3 is 2.74 bits per heavy atom. The van der Waals surface area contributed by atoms with E-state index < -0.39 is 10.5 Å². The van der Waals surface area contributed by atoms with E-state index in [0.29, 0.717) is 18.0 Å². The van der Waals surface area contributed by atoms with Gasteiger partial charge in [-0.15, -0.1) is 0 Å². The van der Waals surface area contributed by atoms with Crippen molar-refractivity contribution in [3.8, 4) is 5.75 Å². The molecule has 1 fully saturated rings. The minimum absolute atomic E-state index is 0.0117. The third-order valence-corrected chi connectivity index (χ3v) is 3.54. The lowest BCUT2D eigenvalue weighted by atomic mass is 10.0. The SMILES string of the molecule is COc1ccc([N+](=O)[O-])c(NCC2(O)CCCC2)c1. The van der Waals surface area contributed by atoms with Gasteiger partial charge in [0.15, 0.2) is 0 Å². The van der Waals surface area contributed by atoms with Gasteiger partial charge in [0.2, 0.25) is 0 Å². The first-order chi connectivity index (χ1) is 9.04. The number of hydrogen-bond acceptors (Lipinski definition) is 5. The third-order valence-electron chi connectivity index (χ3n) is 3.54. The molecule has 104 valence electrons. The van der Waals surface area contributed by atoms with Crippen LogP contribution in [0, 0.1) is 10.1 Å². The summed E-state index contributed by atoms with van der Waals surface area (Å²) in [7, 11) is 1.51. The van der Waals surface area contributed by atoms with E-state index in [1.54, 1.807) is 12.1 Å². The molecule has 0 radical (unpaired) electrons. The smallest absolute Gasteiger partial charge is 0.292 e. The molecule has 0 atom stereocenters. The molecule has 1 saturated carbocycles. The van der Waals surface area contributed by atoms with Crippen molar-refractivity contribution in [1.82, 2.24) is 0 Å². The molecule has 0 spiro atoms. The second kappa shape index (κ2) is 5.44. The van der Waals surface area contributed by atoms with Crippen LogP contribution >= 0.6 is 0 Å². The maximum absolute atomic E-state index is 11.0. The Balaban J connectivity index is 2.15. The quantitative estimate of drug-likeness (QED) is 0.631. The number of nitrogens with one attached hydrogen (secondary N) is 1. The second-order valence-corrected chi connectivity index (χ2v) is 4.93. The molecule has 0 unspecified atom stereocenters. The van der Waals surface area contributed by atoms with Gasteiger partial charge >= 0.3 is 0 Å². The number of nitro groups is 1. The van der Waals surface area contributed by atoms with Crippen LogP contribution in [0.4, 0.5) is 11.4 Å². The van der Waals surface area contributed by atoms with Crippen molar-refractivity contribution in [3.05, 3.63) is 28.3 Å². The first-order valence-corrected chi connectivity index (χ1v) is 6.33. The maximum Gasteiger partial charge on any atom is 0.292 e. The number of nitrogens with zero attached hydrogens (tertiary/aromatic N) is 1. The van der Waals surface area contributed by atoms with E-state index in [2.05, 4.69) is 5.32 Å². The lowest BCUT2D eigenvalue weighted by molar-refractivity contribution is -0.384. The lowest BCUT2D eigenvalue weighted by Crippen LogP contribution is -2.33. The van der Waals surface area contributed by atoms with Gasteiger partial charge in [-0.2, -0.15) is 0 Å². The highest BCUT2D eigenvalue weighted by atomic mass is 16.6. The molecule has 1 aliphatic rings. The summed E-state index contributed by atoms with van der Waals surface area (Å²) in [5, 5.41) is 24.2. The van der Waals surface area contributed by atoms with E-state index in [9.17, 15) is 15.2 Å². The number of benzene rings is 1. The maximum atomic E-state index is 11.0. The van der Waals surface area contributed by atoms with Gasteiger partial charge in [0.1, 0.15) is 11.4 Å². The minimum Gasteiger partial charge on any atom is -0.497 e. The van der Waals surface area contributed by atoms with Crippen LogP contribution in [0.3, 0.4) is 0 Å². The van der Waals surface area contributed by atoms with Crippen LogP contribution < -0.4 is 10.1 Å². The zero-order chi connectivity index (χ0) is 13.9. The predicted octanol–water partition coefficient (Wildman–Crippen LogP) is 2.32. The third kappa shape index (κ3) is 3.14. The Morgan fingerprint density at radius 1 is 1.47 bits per heavy atom. The number of aliphatic hydroxyl groups is 1. The first kappa shape index (κ1) is 13.6. The number of hydrogen-bond donors (Lipinski definition) is 2. The molecule has 0 heterocycles. The van der Waals surface area contributed by atoms with Crippen LogP contribution in [0.15, 0.2) is 18.2 Å². The molecular formula is C13H18N2O4. The van der Waals surface area contributed by atoms with Gasteiger partial charge in [0.05, 0.1) is 17.6 Å². The molecule has 1 aromatic carbocycles. The molecule has 19 heavy (non-hydrogen) atoms. The van der Waals surface area contributed by atoms with Gasteiger partial charge in [-0.1, -0.05) is 12.8 Å². The molecule has 2 N–H and O–H groups in total. The van der Waals surface area contributed by atoms with Crippen molar-refractivity contribution in [1.29, 1.82) is 0 Å². The molecule has 0 saturated heterocycles. The van der Waals surface area contributed by atoms with Crippen molar-refractivity contribution >= 4 is 11.4 Å². The second-order valence-electron chi connectivity index (χ2n) is 4.93. The van der Waals surface area contributed by atoms with Gasteiger partial charge in [-0.25, -0.2) is 0 Å². The van der Waals surface area contributed by atoms with Crippen LogP contribution in [-0.4, -0.2) is 29.3 Å². The highest BCUT2D eigenvalue weighted by molar-refractivity contribution is 5.64. The molecule has 0 aliphatic heterocycles. The topological polar surface area (TPSA) is 84.6 Å². The standard InChI is InChI=1S/C13H18N2O4/c1-19-10-4-5-12(15(17)18)11(8-10)14-9-13(16)6-2-3-7-13/h4-5,8,14,16H,2-3,6-7,9H2,1H3. The molecule has 2 rings (SSSR count). The molecule has 0 amide bonds. The van der Waals surface area contributed by atoms with E-state index in [4.69, 9.17) is 4.74 Å². The summed E-state index contributed by atoms with van der Waals surface area (Å²) >= 11 is 0. The molecule has 0 aromatic heterocycles. The molecule has 6 heteroatoms. The fourth-order valence-corrected chi connectivity index (χ4v) is 2.41. The Hall–Kier alpha value is -1.82. The first-order valence-electron chi connectivity index (χ1n) is 6.33. The van der Waals surface area contributed by atoms with Crippen LogP contribution in [0.5, 0.6) is 5.75 Å². The predicted molar refractivity (Wildman–Crippen MR) is 71.6 cm³/mol. The zero-order valence-corrected chi connectivity index (χ0v) is 10.9. The summed E-state index contributed by atoms with van der Waals surface area (Å²) in [5.41, 5.74) is -0.385. The zero-order valence-electron chi connectivity index (χ0n) is 10.9. The van der Waals surface area contributed by atoms with Crippen LogP contribution in [0.1, 0.15) is 25.7 Å². The summed E-state index contributed by atoms with van der Waals surface area (Å²) in [5.74, 6) is 0.548. The van der Waals surface area contributed by atoms with E-state index in [0.717, 1.165) is 25.7 Å². The average molecular weight is 266 g/mol. The average Bonchev–Trinajstić information content (AvgIpc) is 2.83.